The number of hydrogen-bond donors (Lipinski definition) is 0. The Morgan fingerprint density at radius 1 is 1.19 bits per heavy atom. The predicted molar refractivity (Wildman–Crippen MR) is 97.9 cm³/mol. The van der Waals surface area contributed by atoms with Gasteiger partial charge in [-0.2, -0.15) is 0 Å². The summed E-state index contributed by atoms with van der Waals surface area (Å²) in [4.78, 5) is 23.2. The maximum absolute atomic E-state index is 12.5. The highest BCUT2D eigenvalue weighted by Crippen LogP contribution is 2.28. The van der Waals surface area contributed by atoms with E-state index in [-0.39, 0.29) is 23.6 Å². The number of nitro groups is 1. The van der Waals surface area contributed by atoms with Crippen LogP contribution in [0.4, 0.5) is 5.69 Å². The molecule has 0 aliphatic rings. The smallest absolute Gasteiger partial charge is 0.310 e. The van der Waals surface area contributed by atoms with Crippen LogP contribution in [0.3, 0.4) is 0 Å². The molecule has 9 heteroatoms. The minimum atomic E-state index is -0.490. The molecule has 0 fully saturated rings. The highest BCUT2D eigenvalue weighted by atomic mass is 16.6. The maximum atomic E-state index is 12.5. The number of fused-ring (bicyclic) bond motifs is 3. The number of para-hydroxylation sites is 1. The first kappa shape index (κ1) is 16.7. The molecule has 0 bridgehead atoms. The van der Waals surface area contributed by atoms with E-state index in [0.717, 1.165) is 5.56 Å². The number of nitrogens with zero attached hydrogens (tertiary/aromatic N) is 5. The van der Waals surface area contributed by atoms with E-state index < -0.39 is 4.92 Å². The Morgan fingerprint density at radius 2 is 1.96 bits per heavy atom. The molecule has 4 aromatic rings. The van der Waals surface area contributed by atoms with Gasteiger partial charge in [-0.25, -0.2) is 0 Å². The minimum Gasteiger partial charge on any atom is -0.479 e. The molecule has 2 aromatic heterocycles. The van der Waals surface area contributed by atoms with E-state index in [1.807, 2.05) is 13.0 Å². The highest BCUT2D eigenvalue weighted by molar-refractivity contribution is 5.80. The van der Waals surface area contributed by atoms with Crippen molar-refractivity contribution in [3.63, 3.8) is 0 Å². The van der Waals surface area contributed by atoms with Crippen LogP contribution in [0.2, 0.25) is 0 Å². The molecule has 0 spiro atoms. The standard InChI is InChI=1S/C18H15N5O4/c1-11-7-8-14(23(25)26)15(9-11)27-10-16-19-20-18-21(2)17(24)12-5-3-4-6-13(12)22(16)18/h3-9H,10H2,1-2H3. The molecule has 2 heterocycles. The number of ether oxygens (including phenoxy) is 1. The Balaban J connectivity index is 1.82. The minimum absolute atomic E-state index is 0.0341. The van der Waals surface area contributed by atoms with Crippen LogP contribution in [0.5, 0.6) is 5.75 Å². The largest absolute Gasteiger partial charge is 0.479 e. The second kappa shape index (κ2) is 6.20. The third-order valence-corrected chi connectivity index (χ3v) is 4.36. The molecule has 27 heavy (non-hydrogen) atoms. The summed E-state index contributed by atoms with van der Waals surface area (Å²) in [5, 5.41) is 19.9. The van der Waals surface area contributed by atoms with Crippen LogP contribution in [0.15, 0.2) is 47.3 Å². The normalized spacial score (nSPS) is 11.2. The molecule has 0 N–H and O–H groups in total. The van der Waals surface area contributed by atoms with E-state index in [1.54, 1.807) is 41.8 Å². The summed E-state index contributed by atoms with van der Waals surface area (Å²) >= 11 is 0. The van der Waals surface area contributed by atoms with Crippen molar-refractivity contribution in [1.82, 2.24) is 19.2 Å². The zero-order valence-electron chi connectivity index (χ0n) is 14.6. The average molecular weight is 365 g/mol. The molecule has 0 unspecified atom stereocenters. The first-order chi connectivity index (χ1) is 13.0. The van der Waals surface area contributed by atoms with Gasteiger partial charge < -0.3 is 4.74 Å². The summed E-state index contributed by atoms with van der Waals surface area (Å²) in [5.74, 6) is 0.967. The van der Waals surface area contributed by atoms with Crippen molar-refractivity contribution in [2.24, 2.45) is 7.05 Å². The van der Waals surface area contributed by atoms with Gasteiger partial charge in [-0.3, -0.25) is 23.9 Å². The molecule has 0 radical (unpaired) electrons. The van der Waals surface area contributed by atoms with Gasteiger partial charge in [-0.15, -0.1) is 10.2 Å². The lowest BCUT2D eigenvalue weighted by Crippen LogP contribution is -2.20. The molecule has 4 rings (SSSR count). The summed E-state index contributed by atoms with van der Waals surface area (Å²) in [6.07, 6.45) is 0. The van der Waals surface area contributed by atoms with Crippen molar-refractivity contribution >= 4 is 22.4 Å². The summed E-state index contributed by atoms with van der Waals surface area (Å²) < 4.78 is 8.83. The first-order valence-electron chi connectivity index (χ1n) is 8.17. The Labute approximate surface area is 152 Å². The Hall–Kier alpha value is -3.75. The van der Waals surface area contributed by atoms with Crippen molar-refractivity contribution in [2.45, 2.75) is 13.5 Å². The van der Waals surface area contributed by atoms with E-state index >= 15 is 0 Å². The SMILES string of the molecule is Cc1ccc([N+](=O)[O-])c(OCc2nnc3n(C)c(=O)c4ccccc4n23)c1. The summed E-state index contributed by atoms with van der Waals surface area (Å²) in [7, 11) is 1.62. The third-order valence-electron chi connectivity index (χ3n) is 4.36. The molecule has 0 aliphatic carbocycles. The number of hydrogen-bond acceptors (Lipinski definition) is 6. The van der Waals surface area contributed by atoms with Gasteiger partial charge in [0.2, 0.25) is 5.78 Å². The van der Waals surface area contributed by atoms with Gasteiger partial charge in [-0.05, 0) is 30.7 Å². The van der Waals surface area contributed by atoms with Gasteiger partial charge in [0.15, 0.2) is 11.6 Å². The molecule has 0 amide bonds. The summed E-state index contributed by atoms with van der Waals surface area (Å²) in [6.45, 7) is 1.79. The maximum Gasteiger partial charge on any atom is 0.310 e. The Morgan fingerprint density at radius 3 is 2.74 bits per heavy atom. The number of aryl methyl sites for hydroxylation is 2. The second-order valence-corrected chi connectivity index (χ2v) is 6.15. The molecule has 136 valence electrons. The van der Waals surface area contributed by atoms with E-state index in [4.69, 9.17) is 4.74 Å². The number of aromatic nitrogens is 4. The molecule has 2 aromatic carbocycles. The zero-order chi connectivity index (χ0) is 19.1. The predicted octanol–water partition coefficient (Wildman–Crippen LogP) is 2.38. The lowest BCUT2D eigenvalue weighted by atomic mass is 10.2. The fourth-order valence-electron chi connectivity index (χ4n) is 3.02. The average Bonchev–Trinajstić information content (AvgIpc) is 3.08. The van der Waals surface area contributed by atoms with Crippen molar-refractivity contribution in [3.8, 4) is 5.75 Å². The topological polar surface area (TPSA) is 105 Å². The first-order valence-corrected chi connectivity index (χ1v) is 8.17. The van der Waals surface area contributed by atoms with Gasteiger partial charge in [-0.1, -0.05) is 18.2 Å². The molecule has 9 nitrogen and oxygen atoms in total. The van der Waals surface area contributed by atoms with Crippen molar-refractivity contribution in [1.29, 1.82) is 0 Å². The molecule has 0 atom stereocenters. The highest BCUT2D eigenvalue weighted by Gasteiger charge is 2.18. The zero-order valence-corrected chi connectivity index (χ0v) is 14.6. The van der Waals surface area contributed by atoms with E-state index in [9.17, 15) is 14.9 Å². The molecule has 0 aliphatic heterocycles. The van der Waals surface area contributed by atoms with E-state index in [2.05, 4.69) is 10.2 Å². The molecular formula is C18H15N5O4. The summed E-state index contributed by atoms with van der Waals surface area (Å²) in [5.41, 5.74) is 1.20. The Kier molecular flexibility index (Phi) is 3.84. The molecular weight excluding hydrogens is 350 g/mol. The number of benzene rings is 2. The monoisotopic (exact) mass is 365 g/mol. The number of rotatable bonds is 4. The van der Waals surface area contributed by atoms with Crippen molar-refractivity contribution < 1.29 is 9.66 Å². The van der Waals surface area contributed by atoms with E-state index in [1.165, 1.54) is 10.6 Å². The lowest BCUT2D eigenvalue weighted by molar-refractivity contribution is -0.386. The lowest BCUT2D eigenvalue weighted by Gasteiger charge is -2.09. The van der Waals surface area contributed by atoms with Crippen LogP contribution in [-0.2, 0) is 13.7 Å². The van der Waals surface area contributed by atoms with Crippen LogP contribution in [0.25, 0.3) is 16.7 Å². The van der Waals surface area contributed by atoms with Crippen LogP contribution < -0.4 is 10.3 Å². The third kappa shape index (κ3) is 2.69. The van der Waals surface area contributed by atoms with Crippen molar-refractivity contribution in [3.05, 3.63) is 74.3 Å². The molecule has 0 saturated carbocycles. The van der Waals surface area contributed by atoms with Crippen LogP contribution >= 0.6 is 0 Å². The van der Waals surface area contributed by atoms with Gasteiger partial charge in [0.25, 0.3) is 5.56 Å². The van der Waals surface area contributed by atoms with Crippen molar-refractivity contribution in [2.75, 3.05) is 0 Å². The van der Waals surface area contributed by atoms with Gasteiger partial charge in [0.05, 0.1) is 15.8 Å². The Bertz CT molecular complexity index is 1260. The van der Waals surface area contributed by atoms with Gasteiger partial charge >= 0.3 is 5.69 Å². The number of nitro benzene ring substituents is 1. The van der Waals surface area contributed by atoms with Gasteiger partial charge in [0.1, 0.15) is 6.61 Å². The summed E-state index contributed by atoms with van der Waals surface area (Å²) in [6, 6.07) is 11.8. The fourth-order valence-corrected chi connectivity index (χ4v) is 3.02. The van der Waals surface area contributed by atoms with Gasteiger partial charge in [0, 0.05) is 13.1 Å². The van der Waals surface area contributed by atoms with Crippen LogP contribution in [0, 0.1) is 17.0 Å². The quantitative estimate of drug-likeness (QED) is 0.406. The van der Waals surface area contributed by atoms with E-state index in [0.29, 0.717) is 22.5 Å². The second-order valence-electron chi connectivity index (χ2n) is 6.15. The van der Waals surface area contributed by atoms with Crippen LogP contribution in [0.1, 0.15) is 11.4 Å². The fraction of sp³-hybridized carbons (Fsp3) is 0.167. The molecule has 0 saturated heterocycles. The van der Waals surface area contributed by atoms with Crippen LogP contribution in [-0.4, -0.2) is 24.1 Å².